The van der Waals surface area contributed by atoms with E-state index in [-0.39, 0.29) is 58.1 Å². The first-order valence-corrected chi connectivity index (χ1v) is 18.2. The van der Waals surface area contributed by atoms with Crippen molar-refractivity contribution in [1.29, 1.82) is 0 Å². The highest BCUT2D eigenvalue weighted by molar-refractivity contribution is 6.03. The fraction of sp³-hybridized carbons (Fsp3) is 0.744. The van der Waals surface area contributed by atoms with Gasteiger partial charge in [0.25, 0.3) is 5.91 Å². The average molecular weight is 662 g/mol. The number of carboxylic acids is 1. The van der Waals surface area contributed by atoms with Gasteiger partial charge in [-0.2, -0.15) is 0 Å². The molecule has 0 aromatic carbocycles. The minimum Gasteiger partial charge on any atom is -0.481 e. The number of nitrogens with one attached hydrogen (secondary N) is 1. The lowest BCUT2D eigenvalue weighted by atomic mass is 9.37. The molecule has 5 aliphatic rings. The second-order valence-corrected chi connectivity index (χ2v) is 17.9. The van der Waals surface area contributed by atoms with Crippen LogP contribution in [-0.4, -0.2) is 50.3 Å². The van der Waals surface area contributed by atoms with Crippen molar-refractivity contribution in [3.8, 4) is 0 Å². The number of aromatic nitrogens is 2. The molecular formula is C39H55N3O6. The van der Waals surface area contributed by atoms with Crippen molar-refractivity contribution in [2.24, 2.45) is 51.2 Å². The van der Waals surface area contributed by atoms with Gasteiger partial charge in [0.05, 0.1) is 17.4 Å². The second-order valence-electron chi connectivity index (χ2n) is 17.9. The first kappa shape index (κ1) is 34.8. The maximum Gasteiger partial charge on any atom is 0.309 e. The van der Waals surface area contributed by atoms with Gasteiger partial charge in [-0.3, -0.25) is 19.2 Å². The van der Waals surface area contributed by atoms with E-state index in [0.717, 1.165) is 56.9 Å². The van der Waals surface area contributed by atoms with Gasteiger partial charge < -0.3 is 15.2 Å². The van der Waals surface area contributed by atoms with E-state index in [2.05, 4.69) is 56.8 Å². The minimum absolute atomic E-state index is 0.0683. The summed E-state index contributed by atoms with van der Waals surface area (Å²) in [6.45, 7) is 16.9. The van der Waals surface area contributed by atoms with Crippen LogP contribution < -0.4 is 5.32 Å². The lowest BCUT2D eigenvalue weighted by Crippen LogP contribution is -2.64. The number of nitrogens with zero attached hydrogens (tertiary/aromatic N) is 2. The molecule has 9 heteroatoms. The summed E-state index contributed by atoms with van der Waals surface area (Å²) in [4.78, 5) is 60.4. The fourth-order valence-corrected chi connectivity index (χ4v) is 11.9. The summed E-state index contributed by atoms with van der Waals surface area (Å²) in [5.41, 5.74) is 0.172. The molecule has 0 aliphatic heterocycles. The van der Waals surface area contributed by atoms with Gasteiger partial charge in [0.1, 0.15) is 6.10 Å². The molecule has 2 N–H and O–H groups in total. The van der Waals surface area contributed by atoms with Crippen LogP contribution in [-0.2, 0) is 19.1 Å². The van der Waals surface area contributed by atoms with Crippen molar-refractivity contribution < 1.29 is 29.0 Å². The summed E-state index contributed by atoms with van der Waals surface area (Å²) in [6, 6.07) is 1.69. The highest BCUT2D eigenvalue weighted by Gasteiger charge is 2.67. The number of aliphatic carboxylic acids is 1. The molecule has 48 heavy (non-hydrogen) atoms. The maximum atomic E-state index is 13.8. The molecule has 1 aromatic rings. The van der Waals surface area contributed by atoms with Gasteiger partial charge in [0.15, 0.2) is 5.78 Å². The zero-order valence-electron chi connectivity index (χ0n) is 30.2. The summed E-state index contributed by atoms with van der Waals surface area (Å²) in [7, 11) is 0. The molecular weight excluding hydrogens is 606 g/mol. The summed E-state index contributed by atoms with van der Waals surface area (Å²) in [6.07, 6.45) is 10.7. The minimum atomic E-state index is -1.17. The smallest absolute Gasteiger partial charge is 0.309 e. The van der Waals surface area contributed by atoms with Crippen molar-refractivity contribution in [1.82, 2.24) is 15.3 Å². The van der Waals surface area contributed by atoms with Crippen LogP contribution in [0.4, 0.5) is 0 Å². The van der Waals surface area contributed by atoms with E-state index in [9.17, 15) is 24.3 Å². The zero-order valence-corrected chi connectivity index (χ0v) is 30.2. The molecule has 9 nitrogen and oxygen atoms in total. The lowest BCUT2D eigenvalue weighted by molar-refractivity contribution is -0.213. The van der Waals surface area contributed by atoms with Gasteiger partial charge >= 0.3 is 11.9 Å². The molecule has 8 atom stereocenters. The van der Waals surface area contributed by atoms with E-state index in [1.54, 1.807) is 32.3 Å². The van der Waals surface area contributed by atoms with Crippen molar-refractivity contribution >= 4 is 23.6 Å². The van der Waals surface area contributed by atoms with Crippen LogP contribution in [0, 0.1) is 51.2 Å². The number of carbonyl (C=O) groups excluding carboxylic acids is 3. The van der Waals surface area contributed by atoms with Crippen molar-refractivity contribution in [2.75, 3.05) is 0 Å². The number of fused-ring (bicyclic) bond motifs is 7. The van der Waals surface area contributed by atoms with Gasteiger partial charge in [0, 0.05) is 24.2 Å². The van der Waals surface area contributed by atoms with Crippen LogP contribution >= 0.6 is 0 Å². The first-order chi connectivity index (χ1) is 22.4. The molecule has 4 fully saturated rings. The lowest BCUT2D eigenvalue weighted by Gasteiger charge is -2.68. The molecule has 4 unspecified atom stereocenters. The molecule has 0 spiro atoms. The topological polar surface area (TPSA) is 136 Å². The monoisotopic (exact) mass is 661 g/mol. The maximum absolute atomic E-state index is 13.8. The number of rotatable bonds is 7. The molecule has 1 heterocycles. The first-order valence-electron chi connectivity index (χ1n) is 18.2. The third-order valence-electron chi connectivity index (χ3n) is 14.1. The summed E-state index contributed by atoms with van der Waals surface area (Å²) < 4.78 is 6.12. The summed E-state index contributed by atoms with van der Waals surface area (Å²) in [5, 5.41) is 12.9. The number of esters is 1. The van der Waals surface area contributed by atoms with Gasteiger partial charge in [-0.1, -0.05) is 41.5 Å². The number of allylic oxidation sites excluding steroid dienone is 1. The largest absolute Gasteiger partial charge is 0.481 e. The number of carbonyl (C=O) groups is 4. The van der Waals surface area contributed by atoms with E-state index in [1.807, 2.05) is 0 Å². The van der Waals surface area contributed by atoms with Crippen molar-refractivity contribution in [2.45, 2.75) is 131 Å². The van der Waals surface area contributed by atoms with Crippen LogP contribution in [0.2, 0.25) is 0 Å². The summed E-state index contributed by atoms with van der Waals surface area (Å²) >= 11 is 0. The molecule has 1 aromatic heterocycles. The second kappa shape index (κ2) is 11.8. The predicted octanol–water partition coefficient (Wildman–Crippen LogP) is 6.96. The van der Waals surface area contributed by atoms with Crippen LogP contribution in [0.15, 0.2) is 29.6 Å². The molecule has 0 saturated heterocycles. The van der Waals surface area contributed by atoms with E-state index in [1.165, 1.54) is 5.57 Å². The molecule has 1 amide bonds. The van der Waals surface area contributed by atoms with E-state index in [0.29, 0.717) is 24.2 Å². The quantitative estimate of drug-likeness (QED) is 0.300. The Morgan fingerprint density at radius 3 is 2.27 bits per heavy atom. The number of amides is 1. The fourth-order valence-electron chi connectivity index (χ4n) is 11.9. The highest BCUT2D eigenvalue weighted by Crippen LogP contribution is 2.72. The molecule has 0 radical (unpaired) electrons. The third kappa shape index (κ3) is 5.33. The van der Waals surface area contributed by atoms with Crippen molar-refractivity contribution in [3.05, 3.63) is 35.4 Å². The Balaban J connectivity index is 1.27. The number of hydrogen-bond acceptors (Lipinski definition) is 7. The molecule has 0 bridgehead atoms. The van der Waals surface area contributed by atoms with E-state index >= 15 is 0 Å². The Labute approximate surface area is 285 Å². The van der Waals surface area contributed by atoms with Crippen LogP contribution in [0.5, 0.6) is 0 Å². The van der Waals surface area contributed by atoms with Crippen LogP contribution in [0.1, 0.15) is 130 Å². The van der Waals surface area contributed by atoms with Gasteiger partial charge in [0.2, 0.25) is 5.82 Å². The Kier molecular flexibility index (Phi) is 8.51. The predicted molar refractivity (Wildman–Crippen MR) is 181 cm³/mol. The number of Topliss-reactive ketones (excluding diaryl/α,β-unsaturated/α-hetero) is 1. The van der Waals surface area contributed by atoms with Gasteiger partial charge in [-0.05, 0) is 123 Å². The van der Waals surface area contributed by atoms with E-state index in [4.69, 9.17) is 4.74 Å². The van der Waals surface area contributed by atoms with Crippen LogP contribution in [0.25, 0.3) is 0 Å². The normalized spacial score (nSPS) is 37.2. The molecule has 5 aliphatic carbocycles. The van der Waals surface area contributed by atoms with Gasteiger partial charge in [-0.15, -0.1) is 0 Å². The molecule has 6 rings (SSSR count). The Morgan fingerprint density at radius 1 is 0.958 bits per heavy atom. The van der Waals surface area contributed by atoms with Gasteiger partial charge in [-0.25, -0.2) is 9.97 Å². The number of carboxylic acid groups (broad SMARTS) is 1. The average Bonchev–Trinajstić information content (AvgIpc) is 3.30. The number of ketones is 1. The standard InChI is InChI=1S/C39H55N3O6/c1-22(2)30-25(43)20-39(42-33(45)32-40-18-9-19-41-32)17-12-24-23(31(30)39)10-11-27-37(24,7)15-13-26-36(5,6)28(14-16-38(26,27)8)48-29(44)21-35(3,4)34(46)47/h9,18-19,22-24,26-28H,10-17,20-21H2,1-8H3,(H,42,45)(H,46,47)/t23?,24?,26?,27?,28-,37-,38-,39+/m0/s1. The number of ether oxygens (including phenoxy) is 1. The Bertz CT molecular complexity index is 1530. The SMILES string of the molecule is CC(C)C1=C2C3CCC4[C@@](C)(CCC5C(C)(C)[C@@H](OC(=O)CC(C)(C)C(=O)O)CC[C@@]54C)C3CC[C@@]2(NC(=O)c2ncccn2)CC1=O. The molecule has 4 saturated carbocycles. The molecule has 262 valence electrons. The third-order valence-corrected chi connectivity index (χ3v) is 14.1. The zero-order chi connectivity index (χ0) is 35.0. The van der Waals surface area contributed by atoms with E-state index < -0.39 is 22.9 Å². The highest BCUT2D eigenvalue weighted by atomic mass is 16.5. The Morgan fingerprint density at radius 2 is 1.62 bits per heavy atom. The van der Waals surface area contributed by atoms with Crippen molar-refractivity contribution in [3.63, 3.8) is 0 Å². The number of hydrogen-bond donors (Lipinski definition) is 2. The summed E-state index contributed by atoms with van der Waals surface area (Å²) in [5.74, 6) is 0.152. The Hall–Kier alpha value is -3.10. The van der Waals surface area contributed by atoms with Crippen LogP contribution in [0.3, 0.4) is 0 Å².